The molecular weight excluding hydrogens is 226 g/mol. The number of thiophene rings is 1. The molecule has 5 heteroatoms. The Hall–Kier alpha value is -1.88. The van der Waals surface area contributed by atoms with Gasteiger partial charge in [-0.1, -0.05) is 6.07 Å². The fourth-order valence-corrected chi connectivity index (χ4v) is 1.82. The van der Waals surface area contributed by atoms with Gasteiger partial charge in [-0.05, 0) is 23.6 Å². The quantitative estimate of drug-likeness (QED) is 0.884. The van der Waals surface area contributed by atoms with Crippen molar-refractivity contribution in [3.05, 3.63) is 46.3 Å². The van der Waals surface area contributed by atoms with Crippen LogP contribution in [0.5, 0.6) is 5.88 Å². The molecule has 4 nitrogen and oxygen atoms in total. The van der Waals surface area contributed by atoms with Gasteiger partial charge in [0, 0.05) is 11.1 Å². The van der Waals surface area contributed by atoms with Crippen molar-refractivity contribution in [3.63, 3.8) is 0 Å². The molecule has 1 N–H and O–H groups in total. The maximum absolute atomic E-state index is 10.9. The van der Waals surface area contributed by atoms with E-state index in [-0.39, 0.29) is 11.4 Å². The lowest BCUT2D eigenvalue weighted by Crippen LogP contribution is -2.04. The fraction of sp³-hybridized carbons (Fsp3) is 0.0909. The Morgan fingerprint density at radius 1 is 1.44 bits per heavy atom. The van der Waals surface area contributed by atoms with Gasteiger partial charge in [-0.15, -0.1) is 11.3 Å². The lowest BCUT2D eigenvalue weighted by molar-refractivity contribution is 0.0690. The molecule has 0 aliphatic rings. The first-order valence-corrected chi connectivity index (χ1v) is 5.49. The van der Waals surface area contributed by atoms with Gasteiger partial charge < -0.3 is 9.84 Å². The van der Waals surface area contributed by atoms with Crippen LogP contribution in [0.3, 0.4) is 0 Å². The molecule has 0 amide bonds. The molecule has 2 rings (SSSR count). The molecule has 0 aromatic carbocycles. The summed E-state index contributed by atoms with van der Waals surface area (Å²) >= 11 is 1.56. The molecular formula is C11H9NO3S. The SMILES string of the molecule is O=C(O)c1cccnc1OCc1cccs1. The summed E-state index contributed by atoms with van der Waals surface area (Å²) in [5.41, 5.74) is 0.0825. The van der Waals surface area contributed by atoms with E-state index in [4.69, 9.17) is 9.84 Å². The zero-order valence-electron chi connectivity index (χ0n) is 8.29. The maximum atomic E-state index is 10.9. The van der Waals surface area contributed by atoms with E-state index in [9.17, 15) is 4.79 Å². The smallest absolute Gasteiger partial charge is 0.341 e. The number of aromatic carboxylic acids is 1. The molecule has 0 aliphatic heterocycles. The third-order valence-corrected chi connectivity index (χ3v) is 2.78. The summed E-state index contributed by atoms with van der Waals surface area (Å²) < 4.78 is 5.36. The highest BCUT2D eigenvalue weighted by atomic mass is 32.1. The number of hydrogen-bond donors (Lipinski definition) is 1. The van der Waals surface area contributed by atoms with Crippen molar-refractivity contribution in [2.45, 2.75) is 6.61 Å². The van der Waals surface area contributed by atoms with Crippen LogP contribution in [0.25, 0.3) is 0 Å². The lowest BCUT2D eigenvalue weighted by Gasteiger charge is -2.05. The first-order chi connectivity index (χ1) is 7.77. The average Bonchev–Trinajstić information content (AvgIpc) is 2.79. The van der Waals surface area contributed by atoms with Gasteiger partial charge >= 0.3 is 5.97 Å². The van der Waals surface area contributed by atoms with Gasteiger partial charge in [0.2, 0.25) is 5.88 Å². The molecule has 2 aromatic heterocycles. The van der Waals surface area contributed by atoms with E-state index < -0.39 is 5.97 Å². The van der Waals surface area contributed by atoms with Gasteiger partial charge in [0.15, 0.2) is 0 Å². The minimum absolute atomic E-state index is 0.0825. The summed E-state index contributed by atoms with van der Waals surface area (Å²) in [6.45, 7) is 0.342. The second kappa shape index (κ2) is 4.76. The second-order valence-corrected chi connectivity index (χ2v) is 4.06. The van der Waals surface area contributed by atoms with Gasteiger partial charge in [-0.25, -0.2) is 9.78 Å². The van der Waals surface area contributed by atoms with Gasteiger partial charge in [0.25, 0.3) is 0 Å². The highest BCUT2D eigenvalue weighted by Crippen LogP contribution is 2.17. The summed E-state index contributed by atoms with van der Waals surface area (Å²) in [4.78, 5) is 15.8. The standard InChI is InChI=1S/C11H9NO3S/c13-11(14)9-4-1-5-12-10(9)15-7-8-3-2-6-16-8/h1-6H,7H2,(H,13,14). The number of hydrogen-bond acceptors (Lipinski definition) is 4. The topological polar surface area (TPSA) is 59.4 Å². The van der Waals surface area contributed by atoms with Crippen molar-refractivity contribution in [1.82, 2.24) is 4.98 Å². The van der Waals surface area contributed by atoms with Crippen molar-refractivity contribution in [1.29, 1.82) is 0 Å². The first kappa shape index (κ1) is 10.6. The van der Waals surface area contributed by atoms with E-state index in [0.717, 1.165) is 4.88 Å². The molecule has 82 valence electrons. The van der Waals surface area contributed by atoms with E-state index >= 15 is 0 Å². The molecule has 0 radical (unpaired) electrons. The maximum Gasteiger partial charge on any atom is 0.341 e. The monoisotopic (exact) mass is 235 g/mol. The average molecular weight is 235 g/mol. The molecule has 0 unspecified atom stereocenters. The number of carboxylic acids is 1. The van der Waals surface area contributed by atoms with E-state index in [0.29, 0.717) is 6.61 Å². The van der Waals surface area contributed by atoms with Crippen molar-refractivity contribution < 1.29 is 14.6 Å². The molecule has 2 aromatic rings. The van der Waals surface area contributed by atoms with E-state index in [1.165, 1.54) is 12.3 Å². The molecule has 0 saturated heterocycles. The van der Waals surface area contributed by atoms with Crippen LogP contribution in [0.4, 0.5) is 0 Å². The van der Waals surface area contributed by atoms with Crippen LogP contribution in [0, 0.1) is 0 Å². The molecule has 0 bridgehead atoms. The lowest BCUT2D eigenvalue weighted by atomic mass is 10.3. The van der Waals surface area contributed by atoms with Crippen molar-refractivity contribution in [3.8, 4) is 5.88 Å². The number of carboxylic acid groups (broad SMARTS) is 1. The van der Waals surface area contributed by atoms with Crippen LogP contribution in [-0.4, -0.2) is 16.1 Å². The number of ether oxygens (including phenoxy) is 1. The van der Waals surface area contributed by atoms with Crippen LogP contribution < -0.4 is 4.74 Å². The van der Waals surface area contributed by atoms with E-state index in [1.807, 2.05) is 17.5 Å². The number of nitrogens with zero attached hydrogens (tertiary/aromatic N) is 1. The van der Waals surface area contributed by atoms with Crippen molar-refractivity contribution in [2.75, 3.05) is 0 Å². The van der Waals surface area contributed by atoms with E-state index in [1.54, 1.807) is 17.4 Å². The zero-order valence-corrected chi connectivity index (χ0v) is 9.11. The number of carbonyl (C=O) groups is 1. The number of pyridine rings is 1. The Morgan fingerprint density at radius 3 is 3.00 bits per heavy atom. The zero-order chi connectivity index (χ0) is 11.4. The van der Waals surface area contributed by atoms with Gasteiger partial charge in [0.05, 0.1) is 0 Å². The third kappa shape index (κ3) is 2.38. The third-order valence-electron chi connectivity index (χ3n) is 1.93. The summed E-state index contributed by atoms with van der Waals surface area (Å²) in [6.07, 6.45) is 1.51. The largest absolute Gasteiger partial charge is 0.477 e. The number of aromatic nitrogens is 1. The highest BCUT2D eigenvalue weighted by molar-refractivity contribution is 7.09. The van der Waals surface area contributed by atoms with Crippen LogP contribution in [0.1, 0.15) is 15.2 Å². The summed E-state index contributed by atoms with van der Waals surface area (Å²) in [5.74, 6) is -0.877. The van der Waals surface area contributed by atoms with Crippen molar-refractivity contribution in [2.24, 2.45) is 0 Å². The molecule has 0 atom stereocenters. The second-order valence-electron chi connectivity index (χ2n) is 3.03. The molecule has 0 aliphatic carbocycles. The van der Waals surface area contributed by atoms with Crippen LogP contribution in [-0.2, 0) is 6.61 Å². The minimum Gasteiger partial charge on any atom is -0.477 e. The van der Waals surface area contributed by atoms with Crippen LogP contribution >= 0.6 is 11.3 Å². The summed E-state index contributed by atoms with van der Waals surface area (Å²) in [6, 6.07) is 6.88. The molecule has 2 heterocycles. The Bertz CT molecular complexity index is 482. The Labute approximate surface area is 96.1 Å². The van der Waals surface area contributed by atoms with Gasteiger partial charge in [-0.3, -0.25) is 0 Å². The molecule has 0 saturated carbocycles. The van der Waals surface area contributed by atoms with Gasteiger partial charge in [-0.2, -0.15) is 0 Å². The normalized spacial score (nSPS) is 10.0. The fourth-order valence-electron chi connectivity index (χ4n) is 1.20. The summed E-state index contributed by atoms with van der Waals surface area (Å²) in [5, 5.41) is 10.8. The Morgan fingerprint density at radius 2 is 2.31 bits per heavy atom. The highest BCUT2D eigenvalue weighted by Gasteiger charge is 2.11. The predicted molar refractivity (Wildman–Crippen MR) is 59.8 cm³/mol. The van der Waals surface area contributed by atoms with Gasteiger partial charge in [0.1, 0.15) is 12.2 Å². The first-order valence-electron chi connectivity index (χ1n) is 4.61. The molecule has 0 spiro atoms. The van der Waals surface area contributed by atoms with E-state index in [2.05, 4.69) is 4.98 Å². The predicted octanol–water partition coefficient (Wildman–Crippen LogP) is 2.42. The molecule has 0 fully saturated rings. The Kier molecular flexibility index (Phi) is 3.16. The Balaban J connectivity index is 2.12. The summed E-state index contributed by atoms with van der Waals surface area (Å²) in [7, 11) is 0. The number of rotatable bonds is 4. The molecule has 16 heavy (non-hydrogen) atoms. The van der Waals surface area contributed by atoms with Crippen LogP contribution in [0.2, 0.25) is 0 Å². The minimum atomic E-state index is -1.03. The van der Waals surface area contributed by atoms with Crippen molar-refractivity contribution >= 4 is 17.3 Å². The van der Waals surface area contributed by atoms with Crippen LogP contribution in [0.15, 0.2) is 35.8 Å².